The van der Waals surface area contributed by atoms with Gasteiger partial charge in [0.25, 0.3) is 0 Å². The molecule has 0 saturated heterocycles. The Morgan fingerprint density at radius 1 is 1.55 bits per heavy atom. The molecule has 0 aromatic carbocycles. The quantitative estimate of drug-likeness (QED) is 0.815. The predicted octanol–water partition coefficient (Wildman–Crippen LogP) is 1.61. The van der Waals surface area contributed by atoms with E-state index in [1.54, 1.807) is 6.92 Å². The third-order valence-corrected chi connectivity index (χ3v) is 3.94. The molecule has 106 valence electrons. The zero-order chi connectivity index (χ0) is 14.6. The van der Waals surface area contributed by atoms with Crippen molar-refractivity contribution < 1.29 is 11.0 Å². The number of allylic oxidation sites excluding steroid dienone is 2. The first-order chi connectivity index (χ1) is 9.41. The number of imidazole rings is 1. The summed E-state index contributed by atoms with van der Waals surface area (Å²) in [5.41, 5.74) is 1.70. The monoisotopic (exact) mass is 274 g/mol. The number of Topliss-reactive ketones (excluding diaryl/α,β-unsaturated/α-hetero) is 1. The van der Waals surface area contributed by atoms with Crippen LogP contribution in [0.2, 0.25) is 0 Å². The molecule has 1 amide bonds. The first kappa shape index (κ1) is 12.8. The van der Waals surface area contributed by atoms with E-state index in [0.717, 1.165) is 18.8 Å². The Labute approximate surface area is 117 Å². The molecule has 0 fully saturated rings. The van der Waals surface area contributed by atoms with Crippen LogP contribution in [0.1, 0.15) is 56.5 Å². The summed E-state index contributed by atoms with van der Waals surface area (Å²) in [5.74, 6) is 0.726. The highest BCUT2D eigenvalue weighted by Gasteiger charge is 2.37. The number of carbonyl (C=O) groups is 2. The summed E-state index contributed by atoms with van der Waals surface area (Å²) >= 11 is 0. The van der Waals surface area contributed by atoms with Crippen LogP contribution >= 0.6 is 0 Å². The molecular formula is C14H18N4O2. The predicted molar refractivity (Wildman–Crippen MR) is 75.0 cm³/mol. The van der Waals surface area contributed by atoms with E-state index in [2.05, 4.69) is 17.2 Å². The van der Waals surface area contributed by atoms with Crippen molar-refractivity contribution in [2.75, 3.05) is 0 Å². The van der Waals surface area contributed by atoms with Gasteiger partial charge in [-0.25, -0.2) is 4.98 Å². The van der Waals surface area contributed by atoms with Gasteiger partial charge in [0.15, 0.2) is 0 Å². The summed E-state index contributed by atoms with van der Waals surface area (Å²) in [6, 6.07) is 0. The Kier molecular flexibility index (Phi) is 2.64. The third-order valence-electron chi connectivity index (χ3n) is 3.94. The maximum atomic E-state index is 12.5. The Morgan fingerprint density at radius 2 is 2.25 bits per heavy atom. The highest BCUT2D eigenvalue weighted by atomic mass is 16.1. The molecule has 2 aliphatic rings. The van der Waals surface area contributed by atoms with Crippen molar-refractivity contribution in [3.05, 3.63) is 28.5 Å². The topological polar surface area (TPSA) is 87.8 Å². The van der Waals surface area contributed by atoms with Crippen molar-refractivity contribution >= 4 is 17.4 Å². The molecule has 1 aromatic rings. The second kappa shape index (κ2) is 4.13. The van der Waals surface area contributed by atoms with Gasteiger partial charge in [0, 0.05) is 26.4 Å². The van der Waals surface area contributed by atoms with Crippen LogP contribution in [-0.4, -0.2) is 27.0 Å². The molecule has 0 bridgehead atoms. The fraction of sp³-hybridized carbons (Fsp3) is 0.429. The highest BCUT2D eigenvalue weighted by Crippen LogP contribution is 2.33. The summed E-state index contributed by atoms with van der Waals surface area (Å²) in [6.07, 6.45) is 0.970. The number of hydrogen-bond acceptors (Lipinski definition) is 4. The van der Waals surface area contributed by atoms with E-state index in [1.807, 2.05) is 4.57 Å². The lowest BCUT2D eigenvalue weighted by Gasteiger charge is -2.19. The maximum absolute atomic E-state index is 12.5. The van der Waals surface area contributed by atoms with Crippen LogP contribution in [-0.2, 0) is 11.3 Å². The van der Waals surface area contributed by atoms with Crippen LogP contribution in [0.4, 0.5) is 0 Å². The van der Waals surface area contributed by atoms with Gasteiger partial charge in [-0.2, -0.15) is 0 Å². The third kappa shape index (κ3) is 1.57. The van der Waals surface area contributed by atoms with E-state index in [-0.39, 0.29) is 24.5 Å². The lowest BCUT2D eigenvalue weighted by molar-refractivity contribution is -0.118. The van der Waals surface area contributed by atoms with Crippen molar-refractivity contribution in [1.29, 1.82) is 5.41 Å². The number of nitrogens with one attached hydrogen (secondary N) is 2. The van der Waals surface area contributed by atoms with E-state index < -0.39 is 0 Å². The Morgan fingerprint density at radius 3 is 2.90 bits per heavy atom. The van der Waals surface area contributed by atoms with Gasteiger partial charge in [-0.15, -0.1) is 0 Å². The second-order valence-electron chi connectivity index (χ2n) is 5.39. The van der Waals surface area contributed by atoms with Gasteiger partial charge in [0.1, 0.15) is 22.9 Å². The fourth-order valence-electron chi connectivity index (χ4n) is 2.86. The molecule has 0 spiro atoms. The van der Waals surface area contributed by atoms with Crippen molar-refractivity contribution in [2.24, 2.45) is 0 Å². The lowest BCUT2D eigenvalue weighted by atomic mass is 9.94. The largest absolute Gasteiger partial charge is 0.324 e. The normalized spacial score (nSPS) is 21.1. The Hall–Kier alpha value is -2.24. The molecule has 6 nitrogen and oxygen atoms in total. The molecule has 1 unspecified atom stereocenters. The molecule has 1 aliphatic carbocycles. The Balaban J connectivity index is 0.00000161. The number of rotatable bonds is 1. The van der Waals surface area contributed by atoms with Crippen LogP contribution in [0.25, 0.3) is 0 Å². The number of nitrogens with zero attached hydrogens (tertiary/aromatic N) is 2. The highest BCUT2D eigenvalue weighted by molar-refractivity contribution is 6.26. The second-order valence-corrected chi connectivity index (χ2v) is 5.39. The molecule has 3 rings (SSSR count). The number of ketones is 1. The molecule has 0 saturated carbocycles. The van der Waals surface area contributed by atoms with Crippen molar-refractivity contribution in [3.8, 4) is 0 Å². The minimum absolute atomic E-state index is 0. The molecular weight excluding hydrogens is 256 g/mol. The molecule has 0 radical (unpaired) electrons. The molecule has 1 aliphatic heterocycles. The fourth-order valence-corrected chi connectivity index (χ4v) is 2.86. The molecule has 1 atom stereocenters. The number of aromatic nitrogens is 2. The van der Waals surface area contributed by atoms with Crippen LogP contribution < -0.4 is 5.32 Å². The van der Waals surface area contributed by atoms with E-state index >= 15 is 0 Å². The van der Waals surface area contributed by atoms with Crippen LogP contribution in [0.5, 0.6) is 0 Å². The molecule has 20 heavy (non-hydrogen) atoms. The van der Waals surface area contributed by atoms with Crippen molar-refractivity contribution in [2.45, 2.75) is 39.7 Å². The average Bonchev–Trinajstić information content (AvgIpc) is 2.92. The van der Waals surface area contributed by atoms with Gasteiger partial charge in [-0.1, -0.05) is 6.92 Å². The average molecular weight is 274 g/mol. The molecule has 1 aromatic heterocycles. The summed E-state index contributed by atoms with van der Waals surface area (Å²) in [4.78, 5) is 28.2. The van der Waals surface area contributed by atoms with Crippen molar-refractivity contribution in [1.82, 2.24) is 14.9 Å². The summed E-state index contributed by atoms with van der Waals surface area (Å²) in [6.45, 7) is 5.84. The van der Waals surface area contributed by atoms with Crippen LogP contribution in [0, 0.1) is 5.41 Å². The molecule has 6 heteroatoms. The standard InChI is InChI=1S/C14H16N4O2.H2/c1-6-4-5-18-12-11(17-14(6)18)9(15)10(16-8(3)19)7(2)13(12)20;/h6,15H,4-5H2,1-3H3,(H,16,19);1H. The number of amides is 1. The lowest BCUT2D eigenvalue weighted by Crippen LogP contribution is -2.33. The zero-order valence-corrected chi connectivity index (χ0v) is 11.7. The summed E-state index contributed by atoms with van der Waals surface area (Å²) in [5, 5.41) is 10.8. The summed E-state index contributed by atoms with van der Waals surface area (Å²) in [7, 11) is 0. The van der Waals surface area contributed by atoms with E-state index in [4.69, 9.17) is 5.41 Å². The maximum Gasteiger partial charge on any atom is 0.221 e. The molecule has 2 heterocycles. The number of fused-ring (bicyclic) bond motifs is 3. The van der Waals surface area contributed by atoms with Gasteiger partial charge >= 0.3 is 0 Å². The van der Waals surface area contributed by atoms with E-state index in [9.17, 15) is 9.59 Å². The minimum atomic E-state index is -0.291. The first-order valence-corrected chi connectivity index (χ1v) is 6.64. The zero-order valence-electron chi connectivity index (χ0n) is 11.7. The SMILES string of the molecule is CC(=O)NC1=C(C)C(=O)c2c(nc3n2CCC3C)C1=N.[HH]. The van der Waals surface area contributed by atoms with Gasteiger partial charge in [-0.05, 0) is 13.3 Å². The summed E-state index contributed by atoms with van der Waals surface area (Å²) < 4.78 is 1.92. The number of hydrogen-bond donors (Lipinski definition) is 2. The van der Waals surface area contributed by atoms with E-state index in [0.29, 0.717) is 22.9 Å². The van der Waals surface area contributed by atoms with Gasteiger partial charge in [-0.3, -0.25) is 15.0 Å². The van der Waals surface area contributed by atoms with Gasteiger partial charge in [0.2, 0.25) is 11.7 Å². The molecule has 2 N–H and O–H groups in total. The van der Waals surface area contributed by atoms with Crippen LogP contribution in [0.15, 0.2) is 11.3 Å². The smallest absolute Gasteiger partial charge is 0.221 e. The van der Waals surface area contributed by atoms with Gasteiger partial charge < -0.3 is 9.88 Å². The Bertz CT molecular complexity index is 702. The van der Waals surface area contributed by atoms with Crippen molar-refractivity contribution in [3.63, 3.8) is 0 Å². The first-order valence-electron chi connectivity index (χ1n) is 6.64. The van der Waals surface area contributed by atoms with Crippen LogP contribution in [0.3, 0.4) is 0 Å². The van der Waals surface area contributed by atoms with Gasteiger partial charge in [0.05, 0.1) is 5.70 Å². The minimum Gasteiger partial charge on any atom is -0.324 e. The van der Waals surface area contributed by atoms with E-state index in [1.165, 1.54) is 6.92 Å². The number of carbonyl (C=O) groups excluding carboxylic acids is 2.